The maximum atomic E-state index is 13.1. The van der Waals surface area contributed by atoms with Gasteiger partial charge in [-0.2, -0.15) is 0 Å². The number of nitrogens with zero attached hydrogens (tertiary/aromatic N) is 1. The third kappa shape index (κ3) is 5.33. The minimum absolute atomic E-state index is 0.0219. The van der Waals surface area contributed by atoms with Crippen LogP contribution in [-0.2, 0) is 50.0 Å². The predicted octanol–water partition coefficient (Wildman–Crippen LogP) is 0.720. The largest absolute Gasteiger partial charge is 0.504 e. The van der Waals surface area contributed by atoms with Gasteiger partial charge in [0.2, 0.25) is 12.2 Å². The number of aliphatic carboxylic acids is 2. The number of esters is 3. The summed E-state index contributed by atoms with van der Waals surface area (Å²) in [6, 6.07) is 10.3. The molecule has 2 aliphatic carbocycles. The van der Waals surface area contributed by atoms with Gasteiger partial charge in [-0.1, -0.05) is 36.4 Å². The highest BCUT2D eigenvalue weighted by molar-refractivity contribution is 5.87. The van der Waals surface area contributed by atoms with Gasteiger partial charge in [0.05, 0.1) is 23.9 Å². The summed E-state index contributed by atoms with van der Waals surface area (Å²) in [6.07, 6.45) is -6.54. The van der Waals surface area contributed by atoms with E-state index in [1.54, 1.807) is 12.1 Å². The van der Waals surface area contributed by atoms with Gasteiger partial charge in [0, 0.05) is 23.6 Å². The van der Waals surface area contributed by atoms with Crippen LogP contribution in [0.4, 0.5) is 0 Å². The van der Waals surface area contributed by atoms with Crippen molar-refractivity contribution < 1.29 is 68.5 Å². The Balaban J connectivity index is 1.17. The van der Waals surface area contributed by atoms with Gasteiger partial charge < -0.3 is 49.4 Å². The van der Waals surface area contributed by atoms with E-state index in [4.69, 9.17) is 24.1 Å². The molecule has 48 heavy (non-hydrogen) atoms. The number of benzene rings is 2. The van der Waals surface area contributed by atoms with E-state index in [1.165, 1.54) is 36.4 Å². The number of carboxylic acids is 2. The summed E-state index contributed by atoms with van der Waals surface area (Å²) in [6.45, 7) is 0.599. The van der Waals surface area contributed by atoms with Gasteiger partial charge in [-0.15, -0.1) is 0 Å². The van der Waals surface area contributed by atoms with Crippen LogP contribution in [-0.4, -0.2) is 104 Å². The summed E-state index contributed by atoms with van der Waals surface area (Å²) >= 11 is 0. The van der Waals surface area contributed by atoms with Gasteiger partial charge in [0.25, 0.3) is 0 Å². The molecule has 2 aliphatic heterocycles. The molecule has 1 fully saturated rings. The molecule has 1 saturated heterocycles. The summed E-state index contributed by atoms with van der Waals surface area (Å²) in [5.74, 6) is -7.10. The quantitative estimate of drug-likeness (QED) is 0.164. The molecular weight excluding hydrogens is 634 g/mol. The standard InChI is InChI=1S/C33H33NO14/c1-34-12-11-32-25-17-7-8-18(35)27(25)47-28(32)20(9-10-33(32,44)22(34)13-17)45-24(39)14-19(36)30(42)48-26(16-5-3-2-4-6-16)31(43)46-21(29(40)41)15-23(37)38/h2-9,19,21-22,26,28,35-36,44H,10-15H2,1H3,(H,37,38)(H,40,41)/t19-,21-,22+,26-,28-,32-,33+/m0/s1. The molecule has 5 N–H and O–H groups in total. The van der Waals surface area contributed by atoms with Crippen molar-refractivity contribution in [3.05, 3.63) is 71.0 Å². The van der Waals surface area contributed by atoms with E-state index >= 15 is 0 Å². The molecule has 7 atom stereocenters. The number of piperidine rings is 1. The molecule has 15 heteroatoms. The lowest BCUT2D eigenvalue weighted by Gasteiger charge is -2.61. The SMILES string of the molecule is CN1CC[C@]23c4c5ccc(O)c4O[C@H]2C(OC(=O)C[C@H](O)C(=O)O[C@H](C(=O)O[C@@H](CC(=O)O)C(=O)O)c2ccccc2)=CC[C@@]3(O)[C@H]1C5. The van der Waals surface area contributed by atoms with Gasteiger partial charge in [0.15, 0.2) is 23.7 Å². The average Bonchev–Trinajstić information content (AvgIpc) is 3.40. The molecule has 0 saturated carbocycles. The highest BCUT2D eigenvalue weighted by Crippen LogP contribution is 2.65. The Bertz CT molecular complexity index is 1710. The number of carboxylic acid groups (broad SMARTS) is 2. The number of carbonyl (C=O) groups excluding carboxylic acids is 3. The smallest absolute Gasteiger partial charge is 0.353 e. The molecule has 2 aromatic rings. The van der Waals surface area contributed by atoms with Crippen LogP contribution in [0, 0.1) is 0 Å². The second kappa shape index (κ2) is 12.2. The number of likely N-dealkylation sites (tertiary alicyclic amines) is 1. The highest BCUT2D eigenvalue weighted by atomic mass is 16.6. The number of phenols is 1. The van der Waals surface area contributed by atoms with E-state index in [1.807, 2.05) is 7.05 Å². The first kappa shape index (κ1) is 32.9. The summed E-state index contributed by atoms with van der Waals surface area (Å²) in [5.41, 5.74) is -0.737. The molecule has 1 spiro atoms. The van der Waals surface area contributed by atoms with Crippen molar-refractivity contribution in [2.24, 2.45) is 0 Å². The molecule has 2 bridgehead atoms. The van der Waals surface area contributed by atoms with Crippen LogP contribution in [0.2, 0.25) is 0 Å². The van der Waals surface area contributed by atoms with Crippen molar-refractivity contribution in [1.29, 1.82) is 0 Å². The number of ether oxygens (including phenoxy) is 4. The van der Waals surface area contributed by atoms with Crippen molar-refractivity contribution in [3.63, 3.8) is 0 Å². The van der Waals surface area contributed by atoms with Gasteiger partial charge in [-0.05, 0) is 44.1 Å². The normalized spacial score (nSPS) is 26.9. The van der Waals surface area contributed by atoms with Crippen LogP contribution >= 0.6 is 0 Å². The molecule has 0 aromatic heterocycles. The fourth-order valence-electron chi connectivity index (χ4n) is 7.47. The van der Waals surface area contributed by atoms with Crippen molar-refractivity contribution in [1.82, 2.24) is 4.90 Å². The Hall–Kier alpha value is -4.99. The fourth-order valence-corrected chi connectivity index (χ4v) is 7.47. The minimum Gasteiger partial charge on any atom is -0.504 e. The topological polar surface area (TPSA) is 227 Å². The second-order valence-electron chi connectivity index (χ2n) is 12.4. The highest BCUT2D eigenvalue weighted by Gasteiger charge is 2.72. The lowest BCUT2D eigenvalue weighted by molar-refractivity contribution is -0.183. The first-order valence-electron chi connectivity index (χ1n) is 15.2. The van der Waals surface area contributed by atoms with E-state index in [0.29, 0.717) is 24.9 Å². The number of hydrogen-bond acceptors (Lipinski definition) is 13. The number of hydrogen-bond donors (Lipinski definition) is 5. The maximum Gasteiger partial charge on any atom is 0.353 e. The third-order valence-corrected chi connectivity index (χ3v) is 9.66. The van der Waals surface area contributed by atoms with E-state index in [-0.39, 0.29) is 35.3 Å². The predicted molar refractivity (Wildman–Crippen MR) is 158 cm³/mol. The molecule has 4 aliphatic rings. The summed E-state index contributed by atoms with van der Waals surface area (Å²) < 4.78 is 21.8. The molecule has 2 heterocycles. The molecule has 0 radical (unpaired) electrons. The van der Waals surface area contributed by atoms with E-state index in [9.17, 15) is 44.4 Å². The van der Waals surface area contributed by atoms with Crippen LogP contribution in [0.15, 0.2) is 54.3 Å². The Morgan fingerprint density at radius 3 is 2.44 bits per heavy atom. The molecule has 254 valence electrons. The third-order valence-electron chi connectivity index (χ3n) is 9.66. The number of likely N-dealkylation sites (N-methyl/N-ethyl adjacent to an activating group) is 1. The van der Waals surface area contributed by atoms with Crippen molar-refractivity contribution in [2.75, 3.05) is 13.6 Å². The van der Waals surface area contributed by atoms with Gasteiger partial charge in [0.1, 0.15) is 5.76 Å². The molecule has 0 amide bonds. The monoisotopic (exact) mass is 667 g/mol. The number of carbonyl (C=O) groups is 5. The van der Waals surface area contributed by atoms with Crippen LogP contribution in [0.5, 0.6) is 11.5 Å². The Labute approximate surface area is 272 Å². The van der Waals surface area contributed by atoms with Gasteiger partial charge in [-0.25, -0.2) is 14.4 Å². The van der Waals surface area contributed by atoms with Crippen LogP contribution < -0.4 is 4.74 Å². The van der Waals surface area contributed by atoms with Crippen molar-refractivity contribution in [2.45, 2.75) is 73.6 Å². The lowest BCUT2D eigenvalue weighted by Crippen LogP contribution is -2.74. The van der Waals surface area contributed by atoms with Crippen LogP contribution in [0.25, 0.3) is 0 Å². The number of phenolic OH excluding ortho intramolecular Hbond substituents is 1. The molecule has 2 aromatic carbocycles. The Morgan fingerprint density at radius 1 is 1.02 bits per heavy atom. The number of rotatable bonds is 11. The lowest BCUT2D eigenvalue weighted by atomic mass is 9.50. The number of aromatic hydroxyl groups is 1. The van der Waals surface area contributed by atoms with Gasteiger partial charge >= 0.3 is 29.8 Å². The molecule has 0 unspecified atom stereocenters. The number of aliphatic hydroxyl groups excluding tert-OH is 1. The minimum atomic E-state index is -2.15. The van der Waals surface area contributed by atoms with Crippen molar-refractivity contribution in [3.8, 4) is 11.5 Å². The van der Waals surface area contributed by atoms with E-state index in [0.717, 1.165) is 5.56 Å². The molecular formula is C33H33NO14. The van der Waals surface area contributed by atoms with E-state index < -0.39 is 78.1 Å². The zero-order valence-electron chi connectivity index (χ0n) is 25.6. The maximum absolute atomic E-state index is 13.1. The van der Waals surface area contributed by atoms with E-state index in [2.05, 4.69) is 4.90 Å². The summed E-state index contributed by atoms with van der Waals surface area (Å²) in [4.78, 5) is 63.5. The average molecular weight is 668 g/mol. The number of aliphatic hydroxyl groups is 2. The summed E-state index contributed by atoms with van der Waals surface area (Å²) in [5, 5.41) is 51.7. The summed E-state index contributed by atoms with van der Waals surface area (Å²) in [7, 11) is 1.93. The van der Waals surface area contributed by atoms with Crippen molar-refractivity contribution >= 4 is 29.8 Å². The van der Waals surface area contributed by atoms with Crippen LogP contribution in [0.3, 0.4) is 0 Å². The van der Waals surface area contributed by atoms with Gasteiger partial charge in [-0.3, -0.25) is 9.59 Å². The van der Waals surface area contributed by atoms with Crippen LogP contribution in [0.1, 0.15) is 48.5 Å². The Kier molecular flexibility index (Phi) is 8.39. The second-order valence-corrected chi connectivity index (χ2v) is 12.4. The molecule has 6 rings (SSSR count). The fraction of sp³-hybridized carbons (Fsp3) is 0.424. The molecule has 15 nitrogen and oxygen atoms in total. The zero-order chi connectivity index (χ0) is 34.5. The Morgan fingerprint density at radius 2 is 1.75 bits per heavy atom. The zero-order valence-corrected chi connectivity index (χ0v) is 25.6. The first-order chi connectivity index (χ1) is 22.8. The first-order valence-corrected chi connectivity index (χ1v) is 15.2.